The molecule has 4 aliphatic rings. The van der Waals surface area contributed by atoms with Gasteiger partial charge in [-0.1, -0.05) is 24.1 Å². The SMILES string of the molecule is COc1ccc(CCC(=O)N2CCCC3=C[C@H]4C[C@H](CN5CCCC[C@H]45)[C@@H]32)cc1OC. The molecule has 0 radical (unpaired) electrons. The van der Waals surface area contributed by atoms with E-state index in [9.17, 15) is 4.79 Å². The maximum Gasteiger partial charge on any atom is 0.223 e. The van der Waals surface area contributed by atoms with Gasteiger partial charge in [-0.2, -0.15) is 0 Å². The molecule has 31 heavy (non-hydrogen) atoms. The number of rotatable bonds is 5. The molecule has 1 aliphatic carbocycles. The topological polar surface area (TPSA) is 42.0 Å². The van der Waals surface area contributed by atoms with E-state index in [1.54, 1.807) is 19.8 Å². The molecule has 2 bridgehead atoms. The fraction of sp³-hybridized carbons (Fsp3) is 0.654. The van der Waals surface area contributed by atoms with Crippen molar-refractivity contribution in [3.8, 4) is 11.5 Å². The Morgan fingerprint density at radius 2 is 1.97 bits per heavy atom. The van der Waals surface area contributed by atoms with Crippen molar-refractivity contribution in [3.63, 3.8) is 0 Å². The first kappa shape index (κ1) is 20.9. The summed E-state index contributed by atoms with van der Waals surface area (Å²) in [6.45, 7) is 3.35. The highest BCUT2D eigenvalue weighted by Crippen LogP contribution is 2.45. The molecule has 3 fully saturated rings. The molecular weight excluding hydrogens is 388 g/mol. The van der Waals surface area contributed by atoms with E-state index in [-0.39, 0.29) is 0 Å². The zero-order valence-corrected chi connectivity index (χ0v) is 19.0. The van der Waals surface area contributed by atoms with Crippen molar-refractivity contribution in [2.24, 2.45) is 11.8 Å². The largest absolute Gasteiger partial charge is 0.493 e. The van der Waals surface area contributed by atoms with Crippen molar-refractivity contribution in [1.29, 1.82) is 0 Å². The van der Waals surface area contributed by atoms with Crippen molar-refractivity contribution < 1.29 is 14.3 Å². The van der Waals surface area contributed by atoms with Gasteiger partial charge in [-0.05, 0) is 74.6 Å². The summed E-state index contributed by atoms with van der Waals surface area (Å²) in [6, 6.07) is 7.06. The second-order valence-corrected chi connectivity index (χ2v) is 9.78. The Morgan fingerprint density at radius 3 is 2.81 bits per heavy atom. The molecule has 1 aromatic carbocycles. The van der Waals surface area contributed by atoms with Gasteiger partial charge in [0.25, 0.3) is 0 Å². The van der Waals surface area contributed by atoms with Crippen LogP contribution in [0.2, 0.25) is 0 Å². The second kappa shape index (κ2) is 8.85. The van der Waals surface area contributed by atoms with Crippen molar-refractivity contribution >= 4 is 5.91 Å². The number of hydrogen-bond acceptors (Lipinski definition) is 4. The zero-order chi connectivity index (χ0) is 21.4. The number of piperidine rings is 3. The summed E-state index contributed by atoms with van der Waals surface area (Å²) in [5.41, 5.74) is 2.69. The molecule has 0 aromatic heterocycles. The summed E-state index contributed by atoms with van der Waals surface area (Å²) in [6.07, 6.45) is 11.5. The molecule has 3 saturated heterocycles. The summed E-state index contributed by atoms with van der Waals surface area (Å²) in [4.78, 5) is 18.4. The van der Waals surface area contributed by atoms with Crippen LogP contribution in [0.5, 0.6) is 11.5 Å². The molecule has 5 rings (SSSR count). The van der Waals surface area contributed by atoms with Crippen LogP contribution in [-0.2, 0) is 11.2 Å². The van der Waals surface area contributed by atoms with E-state index in [0.29, 0.717) is 30.2 Å². The number of aryl methyl sites for hydroxylation is 1. The van der Waals surface area contributed by atoms with Crippen LogP contribution >= 0.6 is 0 Å². The normalized spacial score (nSPS) is 30.1. The lowest BCUT2D eigenvalue weighted by atomic mass is 9.68. The van der Waals surface area contributed by atoms with Gasteiger partial charge in [0.2, 0.25) is 5.91 Å². The Labute approximate surface area is 186 Å². The van der Waals surface area contributed by atoms with Gasteiger partial charge in [0.1, 0.15) is 0 Å². The van der Waals surface area contributed by atoms with Gasteiger partial charge < -0.3 is 14.4 Å². The summed E-state index contributed by atoms with van der Waals surface area (Å²) in [5, 5.41) is 0. The number of methoxy groups -OCH3 is 2. The third-order valence-corrected chi connectivity index (χ3v) is 8.05. The average molecular weight is 425 g/mol. The predicted molar refractivity (Wildman–Crippen MR) is 121 cm³/mol. The highest BCUT2D eigenvalue weighted by Gasteiger charge is 2.46. The monoisotopic (exact) mass is 424 g/mol. The minimum atomic E-state index is 0.310. The molecule has 0 N–H and O–H groups in total. The lowest BCUT2D eigenvalue weighted by Gasteiger charge is -2.54. The van der Waals surface area contributed by atoms with Crippen LogP contribution in [-0.4, -0.2) is 61.6 Å². The van der Waals surface area contributed by atoms with Gasteiger partial charge in [-0.25, -0.2) is 0 Å². The van der Waals surface area contributed by atoms with E-state index >= 15 is 0 Å². The number of nitrogens with zero attached hydrogens (tertiary/aromatic N) is 2. The number of fused-ring (bicyclic) bond motifs is 6. The molecule has 0 saturated carbocycles. The van der Waals surface area contributed by atoms with E-state index in [4.69, 9.17) is 9.47 Å². The average Bonchev–Trinajstić information content (AvgIpc) is 2.82. The maximum atomic E-state index is 13.4. The molecule has 0 spiro atoms. The highest BCUT2D eigenvalue weighted by atomic mass is 16.5. The van der Waals surface area contributed by atoms with E-state index in [1.165, 1.54) is 45.2 Å². The van der Waals surface area contributed by atoms with Crippen LogP contribution in [0.3, 0.4) is 0 Å². The maximum absolute atomic E-state index is 13.4. The van der Waals surface area contributed by atoms with Gasteiger partial charge in [-0.3, -0.25) is 9.69 Å². The fourth-order valence-corrected chi connectivity index (χ4v) is 6.68. The standard InChI is InChI=1S/C26H36N2O3/c1-30-23-10-8-18(14-24(23)31-2)9-11-25(29)28-13-5-6-19-15-20-16-21(26(19)28)17-27-12-4-3-7-22(20)27/h8,10,14-15,20-22,26H,3-7,9,11-13,16-17H2,1-2H3/t20-,21+,22+,26+/m0/s1. The third-order valence-electron chi connectivity index (χ3n) is 8.05. The van der Waals surface area contributed by atoms with Crippen molar-refractivity contribution in [3.05, 3.63) is 35.4 Å². The summed E-state index contributed by atoms with van der Waals surface area (Å²) >= 11 is 0. The second-order valence-electron chi connectivity index (χ2n) is 9.78. The van der Waals surface area contributed by atoms with Gasteiger partial charge in [0.05, 0.1) is 20.3 Å². The number of amides is 1. The molecule has 5 heteroatoms. The zero-order valence-electron chi connectivity index (χ0n) is 19.0. The Hall–Kier alpha value is -2.01. The summed E-state index contributed by atoms with van der Waals surface area (Å²) in [5.74, 6) is 3.10. The van der Waals surface area contributed by atoms with E-state index < -0.39 is 0 Å². The third kappa shape index (κ3) is 3.97. The molecule has 3 aliphatic heterocycles. The van der Waals surface area contributed by atoms with Crippen molar-refractivity contribution in [2.75, 3.05) is 33.9 Å². The van der Waals surface area contributed by atoms with Crippen LogP contribution in [0.4, 0.5) is 0 Å². The van der Waals surface area contributed by atoms with Gasteiger partial charge in [0.15, 0.2) is 11.5 Å². The fourth-order valence-electron chi connectivity index (χ4n) is 6.68. The summed E-state index contributed by atoms with van der Waals surface area (Å²) < 4.78 is 10.8. The Balaban J connectivity index is 1.29. The van der Waals surface area contributed by atoms with Crippen LogP contribution in [0, 0.1) is 11.8 Å². The smallest absolute Gasteiger partial charge is 0.223 e. The molecule has 1 amide bonds. The van der Waals surface area contributed by atoms with Crippen LogP contribution < -0.4 is 9.47 Å². The lowest BCUT2D eigenvalue weighted by Crippen LogP contribution is -2.60. The molecule has 168 valence electrons. The molecule has 3 heterocycles. The first-order valence-electron chi connectivity index (χ1n) is 12.1. The number of carbonyl (C=O) groups excluding carboxylic acids is 1. The molecule has 1 aromatic rings. The molecule has 5 nitrogen and oxygen atoms in total. The van der Waals surface area contributed by atoms with E-state index in [2.05, 4.69) is 15.9 Å². The number of likely N-dealkylation sites (tertiary alicyclic amines) is 1. The van der Waals surface area contributed by atoms with Gasteiger partial charge in [0, 0.05) is 25.6 Å². The number of hydrogen-bond donors (Lipinski definition) is 0. The Kier molecular flexibility index (Phi) is 5.96. The van der Waals surface area contributed by atoms with Crippen molar-refractivity contribution in [1.82, 2.24) is 9.80 Å². The number of carbonyl (C=O) groups is 1. The van der Waals surface area contributed by atoms with Crippen LogP contribution in [0.25, 0.3) is 0 Å². The van der Waals surface area contributed by atoms with Crippen molar-refractivity contribution in [2.45, 2.75) is 63.5 Å². The van der Waals surface area contributed by atoms with E-state index in [1.807, 2.05) is 18.2 Å². The van der Waals surface area contributed by atoms with Gasteiger partial charge in [-0.15, -0.1) is 0 Å². The molecular formula is C26H36N2O3. The molecule has 4 atom stereocenters. The highest BCUT2D eigenvalue weighted by molar-refractivity contribution is 5.77. The quantitative estimate of drug-likeness (QED) is 0.669. The van der Waals surface area contributed by atoms with Crippen LogP contribution in [0.15, 0.2) is 29.8 Å². The Morgan fingerprint density at radius 1 is 1.10 bits per heavy atom. The number of benzene rings is 1. The first-order valence-corrected chi connectivity index (χ1v) is 12.1. The first-order chi connectivity index (χ1) is 15.2. The van der Waals surface area contributed by atoms with Crippen LogP contribution in [0.1, 0.15) is 50.5 Å². The van der Waals surface area contributed by atoms with E-state index in [0.717, 1.165) is 42.5 Å². The molecule has 0 unspecified atom stereocenters. The number of ether oxygens (including phenoxy) is 2. The Bertz CT molecular complexity index is 851. The minimum absolute atomic E-state index is 0.310. The lowest BCUT2D eigenvalue weighted by molar-refractivity contribution is -0.136. The van der Waals surface area contributed by atoms with Gasteiger partial charge >= 0.3 is 0 Å². The predicted octanol–water partition coefficient (Wildman–Crippen LogP) is 4.06. The minimum Gasteiger partial charge on any atom is -0.493 e. The summed E-state index contributed by atoms with van der Waals surface area (Å²) in [7, 11) is 3.30.